The van der Waals surface area contributed by atoms with Gasteiger partial charge in [0, 0.05) is 18.0 Å². The van der Waals surface area contributed by atoms with Crippen molar-refractivity contribution < 1.29 is 4.92 Å². The van der Waals surface area contributed by atoms with Crippen molar-refractivity contribution in [1.82, 2.24) is 14.7 Å². The van der Waals surface area contributed by atoms with Gasteiger partial charge in [0.05, 0.1) is 4.92 Å². The fourth-order valence-corrected chi connectivity index (χ4v) is 1.87. The van der Waals surface area contributed by atoms with Crippen molar-refractivity contribution in [2.75, 3.05) is 0 Å². The predicted octanol–water partition coefficient (Wildman–Crippen LogP) is 0.315. The molecule has 0 unspecified atom stereocenters. The van der Waals surface area contributed by atoms with Crippen molar-refractivity contribution >= 4 is 23.9 Å². The maximum Gasteiger partial charge on any atom is 0.453 e. The average molecular weight is 299 g/mol. The molecule has 2 aromatic rings. The van der Waals surface area contributed by atoms with Crippen LogP contribution in [-0.4, -0.2) is 21.7 Å². The van der Waals surface area contributed by atoms with Crippen molar-refractivity contribution in [2.24, 2.45) is 11.6 Å². The summed E-state index contributed by atoms with van der Waals surface area (Å²) >= 11 is 0. The number of aromatic nitrogens is 1. The molecule has 0 aliphatic rings. The third-order valence-corrected chi connectivity index (χ3v) is 2.83. The second kappa shape index (κ2) is 6.89. The Bertz CT molecular complexity index is 771. The molecule has 2 rings (SSSR count). The zero-order chi connectivity index (χ0) is 15.9. The number of nitro groups is 1. The topological polar surface area (TPSA) is 126 Å². The molecule has 0 saturated heterocycles. The first-order valence-electron chi connectivity index (χ1n) is 6.34. The van der Waals surface area contributed by atoms with Crippen molar-refractivity contribution in [2.45, 2.75) is 0 Å². The maximum atomic E-state index is 11.1. The lowest BCUT2D eigenvalue weighted by atomic mass is 10.2. The van der Waals surface area contributed by atoms with Crippen LogP contribution in [0.5, 0.6) is 0 Å². The van der Waals surface area contributed by atoms with Gasteiger partial charge in [-0.2, -0.15) is 11.3 Å². The largest absolute Gasteiger partial charge is 0.453 e. The number of benzene rings is 1. The van der Waals surface area contributed by atoms with E-state index in [4.69, 9.17) is 11.6 Å². The molecule has 0 spiro atoms. The SMILES string of the molecule is NNC(N)=[N+]=C/C=C/c1cccn1-c1ccccc1[N+](=O)[O-]. The number of nitrogens with two attached hydrogens (primary N) is 2. The first-order valence-corrected chi connectivity index (χ1v) is 6.34. The van der Waals surface area contributed by atoms with E-state index in [0.717, 1.165) is 5.69 Å². The van der Waals surface area contributed by atoms with E-state index >= 15 is 0 Å². The molecule has 1 aromatic carbocycles. The Labute approximate surface area is 126 Å². The standard InChI is InChI=1S/C14H14N6O2/c15-14(18-16)17-9-3-5-11-6-4-10-19(11)12-7-1-2-8-13(12)20(21)22/h1-10H,16H2,(H2,15,18)/p+1/b5-3+. The summed E-state index contributed by atoms with van der Waals surface area (Å²) in [5.74, 6) is 5.16. The molecule has 1 heterocycles. The number of hydrazine groups is 1. The van der Waals surface area contributed by atoms with Gasteiger partial charge in [-0.25, -0.2) is 4.67 Å². The minimum atomic E-state index is -0.410. The maximum absolute atomic E-state index is 11.1. The summed E-state index contributed by atoms with van der Waals surface area (Å²) in [6.45, 7) is 0. The summed E-state index contributed by atoms with van der Waals surface area (Å²) < 4.78 is 5.54. The van der Waals surface area contributed by atoms with Gasteiger partial charge >= 0.3 is 5.96 Å². The van der Waals surface area contributed by atoms with E-state index in [1.54, 1.807) is 47.2 Å². The van der Waals surface area contributed by atoms with Gasteiger partial charge in [-0.1, -0.05) is 12.1 Å². The molecule has 1 aromatic heterocycles. The van der Waals surface area contributed by atoms with Gasteiger partial charge in [-0.15, -0.1) is 0 Å². The van der Waals surface area contributed by atoms with Crippen LogP contribution in [0.4, 0.5) is 5.69 Å². The molecule has 22 heavy (non-hydrogen) atoms. The van der Waals surface area contributed by atoms with Gasteiger partial charge in [-0.05, 0) is 30.4 Å². The quantitative estimate of drug-likeness (QED) is 0.187. The molecule has 0 radical (unpaired) electrons. The van der Waals surface area contributed by atoms with Crippen LogP contribution in [0.1, 0.15) is 5.69 Å². The molecule has 112 valence electrons. The molecule has 0 aliphatic carbocycles. The van der Waals surface area contributed by atoms with E-state index in [-0.39, 0.29) is 11.6 Å². The fraction of sp³-hybridized carbons (Fsp3) is 0. The van der Waals surface area contributed by atoms with E-state index in [2.05, 4.69) is 10.1 Å². The number of para-hydroxylation sites is 2. The van der Waals surface area contributed by atoms with E-state index in [1.165, 1.54) is 12.3 Å². The van der Waals surface area contributed by atoms with E-state index in [0.29, 0.717) is 5.69 Å². The number of allylic oxidation sites excluding steroid dienone is 1. The Morgan fingerprint density at radius 1 is 1.32 bits per heavy atom. The highest BCUT2D eigenvalue weighted by atomic mass is 16.6. The second-order valence-corrected chi connectivity index (χ2v) is 4.22. The summed E-state index contributed by atoms with van der Waals surface area (Å²) in [7, 11) is 0. The minimum Gasteiger partial charge on any atom is -0.311 e. The molecule has 8 nitrogen and oxygen atoms in total. The van der Waals surface area contributed by atoms with Crippen LogP contribution in [-0.2, 0) is 0 Å². The van der Waals surface area contributed by atoms with Crippen LogP contribution in [0.15, 0.2) is 48.7 Å². The molecule has 8 heteroatoms. The van der Waals surface area contributed by atoms with Crippen molar-refractivity contribution in [3.05, 3.63) is 64.5 Å². The number of nitrogens with one attached hydrogen (secondary N) is 1. The molecule has 0 aliphatic heterocycles. The number of nitro benzene ring substituents is 1. The molecule has 0 amide bonds. The summed E-state index contributed by atoms with van der Waals surface area (Å²) in [4.78, 5) is 10.7. The second-order valence-electron chi connectivity index (χ2n) is 4.22. The van der Waals surface area contributed by atoms with Gasteiger partial charge in [-0.3, -0.25) is 15.8 Å². The first-order chi connectivity index (χ1) is 10.6. The van der Waals surface area contributed by atoms with Crippen LogP contribution in [0.2, 0.25) is 0 Å². The van der Waals surface area contributed by atoms with E-state index < -0.39 is 4.92 Å². The third kappa shape index (κ3) is 3.40. The number of hydrogen-bond acceptors (Lipinski definition) is 3. The Morgan fingerprint density at radius 3 is 2.82 bits per heavy atom. The van der Waals surface area contributed by atoms with Crippen LogP contribution < -0.4 is 21.7 Å². The van der Waals surface area contributed by atoms with Crippen molar-refractivity contribution in [3.63, 3.8) is 0 Å². The minimum absolute atomic E-state index is 0.0342. The number of rotatable bonds is 4. The van der Waals surface area contributed by atoms with E-state index in [9.17, 15) is 10.1 Å². The van der Waals surface area contributed by atoms with Gasteiger partial charge in [0.1, 0.15) is 5.69 Å². The van der Waals surface area contributed by atoms with Crippen LogP contribution in [0.3, 0.4) is 0 Å². The van der Waals surface area contributed by atoms with Gasteiger partial charge < -0.3 is 4.57 Å². The number of nitrogens with zero attached hydrogens (tertiary/aromatic N) is 3. The third-order valence-electron chi connectivity index (χ3n) is 2.83. The molecule has 5 N–H and O–H groups in total. The zero-order valence-electron chi connectivity index (χ0n) is 11.6. The highest BCUT2D eigenvalue weighted by molar-refractivity contribution is 5.85. The zero-order valence-corrected chi connectivity index (χ0v) is 11.6. The Morgan fingerprint density at radius 2 is 2.09 bits per heavy atom. The molecule has 0 fully saturated rings. The van der Waals surface area contributed by atoms with E-state index in [1.807, 2.05) is 6.07 Å². The summed E-state index contributed by atoms with van der Waals surface area (Å²) in [5.41, 5.74) is 8.86. The number of guanidine groups is 1. The van der Waals surface area contributed by atoms with Gasteiger partial charge in [0.2, 0.25) is 0 Å². The molecule has 0 bridgehead atoms. The summed E-state index contributed by atoms with van der Waals surface area (Å²) in [6.07, 6.45) is 6.63. The summed E-state index contributed by atoms with van der Waals surface area (Å²) in [6, 6.07) is 10.2. The van der Waals surface area contributed by atoms with Crippen LogP contribution in [0.25, 0.3) is 11.8 Å². The lowest BCUT2D eigenvalue weighted by Crippen LogP contribution is -2.38. The lowest BCUT2D eigenvalue weighted by molar-refractivity contribution is -0.384. The molecular weight excluding hydrogens is 284 g/mol. The van der Waals surface area contributed by atoms with Gasteiger partial charge in [0.15, 0.2) is 6.21 Å². The molecular formula is C14H15N6O2+. The smallest absolute Gasteiger partial charge is 0.311 e. The lowest BCUT2D eigenvalue weighted by Gasteiger charge is -2.06. The molecule has 0 atom stereocenters. The van der Waals surface area contributed by atoms with Crippen molar-refractivity contribution in [1.29, 1.82) is 0 Å². The highest BCUT2D eigenvalue weighted by Gasteiger charge is 2.14. The first kappa shape index (κ1) is 15.0. The Balaban J connectivity index is 2.37. The highest BCUT2D eigenvalue weighted by Crippen LogP contribution is 2.24. The monoisotopic (exact) mass is 299 g/mol. The van der Waals surface area contributed by atoms with Crippen molar-refractivity contribution in [3.8, 4) is 5.69 Å². The average Bonchev–Trinajstić information content (AvgIpc) is 2.99. The Hall–Kier alpha value is -3.35. The predicted molar refractivity (Wildman–Crippen MR) is 86.2 cm³/mol. The van der Waals surface area contributed by atoms with Gasteiger partial charge in [0.25, 0.3) is 5.69 Å². The normalized spacial score (nSPS) is 10.2. The Kier molecular flexibility index (Phi) is 4.71. The van der Waals surface area contributed by atoms with Crippen LogP contribution in [0, 0.1) is 10.1 Å². The fourth-order valence-electron chi connectivity index (χ4n) is 1.87. The molecule has 0 saturated carbocycles. The summed E-state index contributed by atoms with van der Waals surface area (Å²) in [5, 5.41) is 11.1. The number of hydrogen-bond donors (Lipinski definition) is 3. The van der Waals surface area contributed by atoms with Crippen LogP contribution >= 0.6 is 0 Å².